The Morgan fingerprint density at radius 2 is 1.50 bits per heavy atom. The van der Waals surface area contributed by atoms with Gasteiger partial charge in [-0.15, -0.1) is 0 Å². The van der Waals surface area contributed by atoms with Gasteiger partial charge < -0.3 is 0 Å². The monoisotopic (exact) mass is 164 g/mol. The minimum atomic E-state index is 0.362. The van der Waals surface area contributed by atoms with Crippen molar-refractivity contribution in [3.8, 4) is 0 Å². The van der Waals surface area contributed by atoms with Crippen LogP contribution in [0.15, 0.2) is 22.6 Å². The van der Waals surface area contributed by atoms with Gasteiger partial charge in [0.15, 0.2) is 0 Å². The normalized spacial score (nSPS) is 10.2. The summed E-state index contributed by atoms with van der Waals surface area (Å²) in [4.78, 5) is 0. The summed E-state index contributed by atoms with van der Waals surface area (Å²) in [6, 6.07) is 0. The molecule has 0 aromatic carbocycles. The summed E-state index contributed by atoms with van der Waals surface area (Å²) >= 11 is 0. The SMILES string of the molecule is CC(C)=C=C=C(C)CC(C)(C)C. The Morgan fingerprint density at radius 1 is 1.00 bits per heavy atom. The van der Waals surface area contributed by atoms with Gasteiger partial charge >= 0.3 is 0 Å². The molecule has 0 N–H and O–H groups in total. The zero-order valence-electron chi connectivity index (χ0n) is 9.21. The Bertz CT molecular complexity index is 232. The van der Waals surface area contributed by atoms with Crippen LogP contribution in [0.3, 0.4) is 0 Å². The molecular weight excluding hydrogens is 144 g/mol. The van der Waals surface area contributed by atoms with Crippen LogP contribution in [0.1, 0.15) is 48.0 Å². The summed E-state index contributed by atoms with van der Waals surface area (Å²) in [5.41, 5.74) is 9.09. The molecule has 0 rings (SSSR count). The molecular formula is C12H20. The highest BCUT2D eigenvalue weighted by Gasteiger charge is 2.09. The van der Waals surface area contributed by atoms with Crippen molar-refractivity contribution in [2.45, 2.75) is 48.0 Å². The Kier molecular flexibility index (Phi) is 4.10. The van der Waals surface area contributed by atoms with Crippen LogP contribution in [0.2, 0.25) is 0 Å². The van der Waals surface area contributed by atoms with Gasteiger partial charge in [0.05, 0.1) is 0 Å². The third-order valence-electron chi connectivity index (χ3n) is 1.32. The van der Waals surface area contributed by atoms with Gasteiger partial charge in [0.1, 0.15) is 0 Å². The van der Waals surface area contributed by atoms with Crippen molar-refractivity contribution in [2.75, 3.05) is 0 Å². The molecule has 0 fully saturated rings. The summed E-state index contributed by atoms with van der Waals surface area (Å²) in [6.45, 7) is 12.9. The fourth-order valence-electron chi connectivity index (χ4n) is 1.07. The highest BCUT2D eigenvalue weighted by atomic mass is 14.1. The van der Waals surface area contributed by atoms with Crippen LogP contribution in [0.25, 0.3) is 0 Å². The Balaban J connectivity index is 4.54. The van der Waals surface area contributed by atoms with E-state index >= 15 is 0 Å². The maximum absolute atomic E-state index is 3.17. The lowest BCUT2D eigenvalue weighted by molar-refractivity contribution is 0.410. The van der Waals surface area contributed by atoms with E-state index in [0.29, 0.717) is 5.41 Å². The highest BCUT2D eigenvalue weighted by Crippen LogP contribution is 2.22. The number of hydrogen-bond acceptors (Lipinski definition) is 0. The first-order valence-corrected chi connectivity index (χ1v) is 4.46. The van der Waals surface area contributed by atoms with Crippen LogP contribution >= 0.6 is 0 Å². The second-order valence-corrected chi connectivity index (χ2v) is 4.77. The predicted octanol–water partition coefficient (Wildman–Crippen LogP) is 4.09. The lowest BCUT2D eigenvalue weighted by atomic mass is 9.89. The van der Waals surface area contributed by atoms with Gasteiger partial charge in [-0.2, -0.15) is 0 Å². The van der Waals surface area contributed by atoms with Gasteiger partial charge in [-0.3, -0.25) is 0 Å². The molecule has 0 saturated heterocycles. The number of allylic oxidation sites excluding steroid dienone is 2. The van der Waals surface area contributed by atoms with Crippen molar-refractivity contribution in [2.24, 2.45) is 5.41 Å². The van der Waals surface area contributed by atoms with E-state index in [1.54, 1.807) is 0 Å². The van der Waals surface area contributed by atoms with Crippen molar-refractivity contribution >= 4 is 0 Å². The standard InChI is InChI=1S/C12H20/c1-10(2)7-8-11(3)9-12(4,5)6/h9H2,1-6H3. The second-order valence-electron chi connectivity index (χ2n) is 4.77. The van der Waals surface area contributed by atoms with Gasteiger partial charge in [-0.25, -0.2) is 0 Å². The van der Waals surface area contributed by atoms with E-state index in [4.69, 9.17) is 0 Å². The summed E-state index contributed by atoms with van der Waals surface area (Å²) in [5, 5.41) is 0. The molecule has 0 radical (unpaired) electrons. The largest absolute Gasteiger partial charge is 0.0718 e. The molecule has 0 aromatic rings. The Hall–Kier alpha value is -0.700. The molecule has 0 nitrogen and oxygen atoms in total. The minimum Gasteiger partial charge on any atom is -0.0718 e. The van der Waals surface area contributed by atoms with E-state index in [1.165, 1.54) is 11.1 Å². The molecule has 68 valence electrons. The maximum atomic E-state index is 3.17. The van der Waals surface area contributed by atoms with E-state index in [0.717, 1.165) is 6.42 Å². The third kappa shape index (κ3) is 7.41. The van der Waals surface area contributed by atoms with Crippen LogP contribution in [0.4, 0.5) is 0 Å². The van der Waals surface area contributed by atoms with Crippen molar-refractivity contribution < 1.29 is 0 Å². The molecule has 0 amide bonds. The molecule has 12 heavy (non-hydrogen) atoms. The molecule has 0 aliphatic carbocycles. The smallest absolute Gasteiger partial charge is 0.0191 e. The zero-order chi connectivity index (χ0) is 9.78. The highest BCUT2D eigenvalue weighted by molar-refractivity contribution is 5.03. The van der Waals surface area contributed by atoms with Crippen LogP contribution in [0, 0.1) is 5.41 Å². The van der Waals surface area contributed by atoms with E-state index in [2.05, 4.69) is 39.2 Å². The van der Waals surface area contributed by atoms with Gasteiger partial charge in [0, 0.05) is 0 Å². The predicted molar refractivity (Wildman–Crippen MR) is 55.1 cm³/mol. The van der Waals surface area contributed by atoms with Crippen LogP contribution in [-0.4, -0.2) is 0 Å². The molecule has 0 atom stereocenters. The second kappa shape index (κ2) is 4.36. The Labute approximate surface area is 76.7 Å². The molecule has 0 heteroatoms. The van der Waals surface area contributed by atoms with E-state index in [1.807, 2.05) is 13.8 Å². The van der Waals surface area contributed by atoms with Crippen LogP contribution in [-0.2, 0) is 0 Å². The first kappa shape index (κ1) is 11.3. The first-order chi connectivity index (χ1) is 5.31. The number of hydrogen-bond donors (Lipinski definition) is 0. The van der Waals surface area contributed by atoms with Gasteiger partial charge in [-0.05, 0) is 43.8 Å². The summed E-state index contributed by atoms with van der Waals surface area (Å²) in [7, 11) is 0. The molecule has 0 bridgehead atoms. The Morgan fingerprint density at radius 3 is 1.83 bits per heavy atom. The quantitative estimate of drug-likeness (QED) is 0.512. The molecule has 0 spiro atoms. The molecule has 0 aliphatic rings. The van der Waals surface area contributed by atoms with Crippen molar-refractivity contribution in [1.29, 1.82) is 0 Å². The topological polar surface area (TPSA) is 0 Å². The minimum absolute atomic E-state index is 0.362. The average molecular weight is 164 g/mol. The average Bonchev–Trinajstić information content (AvgIpc) is 1.79. The van der Waals surface area contributed by atoms with Gasteiger partial charge in [0.2, 0.25) is 0 Å². The van der Waals surface area contributed by atoms with Gasteiger partial charge in [0.25, 0.3) is 0 Å². The molecule has 0 aliphatic heterocycles. The van der Waals surface area contributed by atoms with Gasteiger partial charge in [-0.1, -0.05) is 32.2 Å². The number of rotatable bonds is 1. The van der Waals surface area contributed by atoms with E-state index in [-0.39, 0.29) is 0 Å². The lowest BCUT2D eigenvalue weighted by Gasteiger charge is -2.16. The molecule has 0 saturated carbocycles. The van der Waals surface area contributed by atoms with Crippen molar-refractivity contribution in [3.05, 3.63) is 22.6 Å². The van der Waals surface area contributed by atoms with Crippen LogP contribution in [0.5, 0.6) is 0 Å². The van der Waals surface area contributed by atoms with Crippen molar-refractivity contribution in [1.82, 2.24) is 0 Å². The van der Waals surface area contributed by atoms with Crippen LogP contribution < -0.4 is 0 Å². The van der Waals surface area contributed by atoms with Crippen molar-refractivity contribution in [3.63, 3.8) is 0 Å². The lowest BCUT2D eigenvalue weighted by Crippen LogP contribution is -2.04. The van der Waals surface area contributed by atoms with E-state index < -0.39 is 0 Å². The summed E-state index contributed by atoms with van der Waals surface area (Å²) < 4.78 is 0. The third-order valence-corrected chi connectivity index (χ3v) is 1.32. The molecule has 0 aromatic heterocycles. The maximum Gasteiger partial charge on any atom is -0.0191 e. The molecule has 0 heterocycles. The zero-order valence-corrected chi connectivity index (χ0v) is 9.21. The summed E-state index contributed by atoms with van der Waals surface area (Å²) in [5.74, 6) is 0. The fourth-order valence-corrected chi connectivity index (χ4v) is 1.07. The summed E-state index contributed by atoms with van der Waals surface area (Å²) in [6.07, 6.45) is 1.09. The molecule has 0 unspecified atom stereocenters. The first-order valence-electron chi connectivity index (χ1n) is 4.46. The van der Waals surface area contributed by atoms with E-state index in [9.17, 15) is 0 Å². The fraction of sp³-hybridized carbons (Fsp3) is 0.667.